The highest BCUT2D eigenvalue weighted by molar-refractivity contribution is 7.89. The van der Waals surface area contributed by atoms with Crippen molar-refractivity contribution in [1.29, 1.82) is 0 Å². The van der Waals surface area contributed by atoms with E-state index in [2.05, 4.69) is 10.0 Å². The smallest absolute Gasteiger partial charge is 0.368 e. The molecule has 3 rings (SSSR count). The van der Waals surface area contributed by atoms with E-state index < -0.39 is 49.8 Å². The molecule has 2 atom stereocenters. The SMILES string of the molecule is O=S(O)Nc1cc2c(cc1C(F)(F)F)NC(Cc1ccccc1)NS2(=O)=O. The molecule has 2 aromatic rings. The molecular weight excluding hydrogens is 407 g/mol. The van der Waals surface area contributed by atoms with Gasteiger partial charge >= 0.3 is 6.18 Å². The summed E-state index contributed by atoms with van der Waals surface area (Å²) in [6.07, 6.45) is -5.50. The third-order valence-corrected chi connectivity index (χ3v) is 5.73. The second-order valence-electron chi connectivity index (χ2n) is 5.75. The number of hydrogen-bond donors (Lipinski definition) is 4. The normalized spacial score (nSPS) is 19.6. The van der Waals surface area contributed by atoms with Gasteiger partial charge in [-0.15, -0.1) is 0 Å². The maximum Gasteiger partial charge on any atom is 0.418 e. The molecule has 0 bridgehead atoms. The highest BCUT2D eigenvalue weighted by Crippen LogP contribution is 2.40. The Hall–Kier alpha value is -2.15. The van der Waals surface area contributed by atoms with Crippen LogP contribution in [0.3, 0.4) is 0 Å². The molecule has 0 aliphatic carbocycles. The molecular formula is C15H14F3N3O4S2. The van der Waals surface area contributed by atoms with Gasteiger partial charge in [-0.3, -0.25) is 9.27 Å². The maximum absolute atomic E-state index is 13.3. The molecule has 0 radical (unpaired) electrons. The lowest BCUT2D eigenvalue weighted by molar-refractivity contribution is -0.136. The Kier molecular flexibility index (Phi) is 5.16. The van der Waals surface area contributed by atoms with Gasteiger partial charge < -0.3 is 5.32 Å². The number of halogens is 3. The number of alkyl halides is 3. The minimum atomic E-state index is -4.86. The Labute approximate surface area is 155 Å². The molecule has 1 heterocycles. The third-order valence-electron chi connectivity index (χ3n) is 3.82. The Balaban J connectivity index is 2.03. The number of anilines is 2. The lowest BCUT2D eigenvalue weighted by Gasteiger charge is -2.29. The summed E-state index contributed by atoms with van der Waals surface area (Å²) in [6, 6.07) is 10.1. The first-order chi connectivity index (χ1) is 12.6. The van der Waals surface area contributed by atoms with Crippen LogP contribution in [0.1, 0.15) is 11.1 Å². The van der Waals surface area contributed by atoms with Crippen molar-refractivity contribution in [3.05, 3.63) is 53.6 Å². The minimum Gasteiger partial charge on any atom is -0.368 e. The molecule has 4 N–H and O–H groups in total. The molecule has 2 unspecified atom stereocenters. The van der Waals surface area contributed by atoms with E-state index in [1.54, 1.807) is 35.1 Å². The van der Waals surface area contributed by atoms with Gasteiger partial charge in [-0.05, 0) is 17.7 Å². The fourth-order valence-corrected chi connectivity index (χ4v) is 4.42. The van der Waals surface area contributed by atoms with Crippen LogP contribution in [0.4, 0.5) is 24.5 Å². The number of sulfonamides is 1. The van der Waals surface area contributed by atoms with Crippen molar-refractivity contribution in [2.24, 2.45) is 0 Å². The first-order valence-electron chi connectivity index (χ1n) is 7.52. The Morgan fingerprint density at radius 2 is 1.85 bits per heavy atom. The summed E-state index contributed by atoms with van der Waals surface area (Å²) in [6.45, 7) is 0. The van der Waals surface area contributed by atoms with Gasteiger partial charge in [0.2, 0.25) is 10.0 Å². The van der Waals surface area contributed by atoms with Gasteiger partial charge in [0.1, 0.15) is 4.90 Å². The molecule has 0 saturated heterocycles. The van der Waals surface area contributed by atoms with Crippen LogP contribution in [0.25, 0.3) is 0 Å². The van der Waals surface area contributed by atoms with E-state index >= 15 is 0 Å². The van der Waals surface area contributed by atoms with Crippen molar-refractivity contribution in [2.45, 2.75) is 23.7 Å². The number of nitrogens with one attached hydrogen (secondary N) is 3. The first kappa shape index (κ1) is 19.6. The van der Waals surface area contributed by atoms with Crippen molar-refractivity contribution in [3.63, 3.8) is 0 Å². The maximum atomic E-state index is 13.3. The fraction of sp³-hybridized carbons (Fsp3) is 0.200. The van der Waals surface area contributed by atoms with E-state index in [0.29, 0.717) is 12.1 Å². The average molecular weight is 421 g/mol. The van der Waals surface area contributed by atoms with Crippen LogP contribution in [0.15, 0.2) is 47.4 Å². The summed E-state index contributed by atoms with van der Waals surface area (Å²) >= 11 is -2.81. The summed E-state index contributed by atoms with van der Waals surface area (Å²) in [5, 5.41) is 2.74. The van der Waals surface area contributed by atoms with Crippen molar-refractivity contribution >= 4 is 32.7 Å². The molecule has 0 spiro atoms. The molecule has 1 aliphatic rings. The molecule has 1 aliphatic heterocycles. The van der Waals surface area contributed by atoms with Gasteiger partial charge in [0.05, 0.1) is 23.1 Å². The van der Waals surface area contributed by atoms with Crippen LogP contribution in [-0.4, -0.2) is 23.3 Å². The highest BCUT2D eigenvalue weighted by atomic mass is 32.2. The summed E-state index contributed by atoms with van der Waals surface area (Å²) in [5.41, 5.74) is -1.52. The number of fused-ring (bicyclic) bond motifs is 1. The van der Waals surface area contributed by atoms with Gasteiger partial charge in [-0.1, -0.05) is 30.3 Å². The predicted octanol–water partition coefficient (Wildman–Crippen LogP) is 2.53. The van der Waals surface area contributed by atoms with E-state index in [4.69, 9.17) is 4.55 Å². The number of benzene rings is 2. The summed E-state index contributed by atoms with van der Waals surface area (Å²) in [4.78, 5) is -0.451. The van der Waals surface area contributed by atoms with Crippen molar-refractivity contribution < 1.29 is 30.4 Å². The van der Waals surface area contributed by atoms with E-state index in [1.165, 1.54) is 0 Å². The minimum absolute atomic E-state index is 0.210. The monoisotopic (exact) mass is 421 g/mol. The number of rotatable bonds is 4. The largest absolute Gasteiger partial charge is 0.418 e. The van der Waals surface area contributed by atoms with E-state index in [9.17, 15) is 25.8 Å². The predicted molar refractivity (Wildman–Crippen MR) is 93.7 cm³/mol. The first-order valence-corrected chi connectivity index (χ1v) is 10.1. The van der Waals surface area contributed by atoms with Gasteiger partial charge in [-0.25, -0.2) is 12.6 Å². The highest BCUT2D eigenvalue weighted by Gasteiger charge is 2.38. The van der Waals surface area contributed by atoms with E-state index in [1.807, 2.05) is 0 Å². The zero-order valence-corrected chi connectivity index (χ0v) is 15.1. The summed E-state index contributed by atoms with van der Waals surface area (Å²) in [7, 11) is -4.13. The quantitative estimate of drug-likeness (QED) is 0.568. The molecule has 2 aromatic carbocycles. The van der Waals surface area contributed by atoms with Gasteiger partial charge in [-0.2, -0.15) is 17.9 Å². The molecule has 12 heteroatoms. The topological polar surface area (TPSA) is 108 Å². The van der Waals surface area contributed by atoms with Crippen LogP contribution >= 0.6 is 0 Å². The lowest BCUT2D eigenvalue weighted by Crippen LogP contribution is -2.46. The summed E-state index contributed by atoms with van der Waals surface area (Å²) < 4.78 is 88.6. The second-order valence-corrected chi connectivity index (χ2v) is 8.14. The molecule has 0 amide bonds. The van der Waals surface area contributed by atoms with Crippen LogP contribution in [-0.2, 0) is 33.9 Å². The molecule has 0 aromatic heterocycles. The molecule has 27 heavy (non-hydrogen) atoms. The van der Waals surface area contributed by atoms with Gasteiger partial charge in [0, 0.05) is 6.42 Å². The standard InChI is InChI=1S/C15H14F3N3O4S2/c16-15(17,18)10-7-12-13(8-11(10)20-26(22)23)27(24,25)21-14(19-12)6-9-4-2-1-3-5-9/h1-5,7-8,14,19-21H,6H2,(H,22,23). The van der Waals surface area contributed by atoms with Gasteiger partial charge in [0.25, 0.3) is 11.3 Å². The van der Waals surface area contributed by atoms with Gasteiger partial charge in [0.15, 0.2) is 0 Å². The van der Waals surface area contributed by atoms with E-state index in [0.717, 1.165) is 5.56 Å². The van der Waals surface area contributed by atoms with Crippen molar-refractivity contribution in [2.75, 3.05) is 10.0 Å². The molecule has 146 valence electrons. The van der Waals surface area contributed by atoms with Crippen molar-refractivity contribution in [3.8, 4) is 0 Å². The van der Waals surface area contributed by atoms with Crippen LogP contribution in [0, 0.1) is 0 Å². The van der Waals surface area contributed by atoms with Crippen LogP contribution in [0.2, 0.25) is 0 Å². The lowest BCUT2D eigenvalue weighted by atomic mass is 10.1. The second kappa shape index (κ2) is 7.11. The van der Waals surface area contributed by atoms with Crippen molar-refractivity contribution in [1.82, 2.24) is 4.72 Å². The van der Waals surface area contributed by atoms with E-state index in [-0.39, 0.29) is 12.1 Å². The fourth-order valence-electron chi connectivity index (χ4n) is 2.74. The zero-order chi connectivity index (χ0) is 19.8. The summed E-state index contributed by atoms with van der Waals surface area (Å²) in [5.74, 6) is 0. The van der Waals surface area contributed by atoms with Crippen LogP contribution in [0.5, 0.6) is 0 Å². The Morgan fingerprint density at radius 3 is 2.44 bits per heavy atom. The molecule has 0 fully saturated rings. The Bertz CT molecular complexity index is 982. The zero-order valence-electron chi connectivity index (χ0n) is 13.4. The molecule has 0 saturated carbocycles. The molecule has 7 nitrogen and oxygen atoms in total. The number of hydrogen-bond acceptors (Lipinski definition) is 4. The van der Waals surface area contributed by atoms with Crippen LogP contribution < -0.4 is 14.8 Å². The third kappa shape index (κ3) is 4.40. The average Bonchev–Trinajstić information content (AvgIpc) is 2.54. The Morgan fingerprint density at radius 1 is 1.19 bits per heavy atom.